The van der Waals surface area contributed by atoms with Gasteiger partial charge in [0.1, 0.15) is 35.4 Å². The summed E-state index contributed by atoms with van der Waals surface area (Å²) < 4.78 is 70.2. The first kappa shape index (κ1) is 54.9. The molecule has 6 aromatic rings. The van der Waals surface area contributed by atoms with Gasteiger partial charge < -0.3 is 35.1 Å². The number of aromatic amines is 1. The van der Waals surface area contributed by atoms with E-state index < -0.39 is 75.6 Å². The largest absolute Gasteiger partial charge is 0.754 e. The van der Waals surface area contributed by atoms with Crippen LogP contribution in [0.4, 0.5) is 18.9 Å². The van der Waals surface area contributed by atoms with Crippen molar-refractivity contribution in [2.75, 3.05) is 63.3 Å². The maximum atomic E-state index is 16.0. The second kappa shape index (κ2) is 22.8. The van der Waals surface area contributed by atoms with Crippen LogP contribution in [0.25, 0.3) is 32.6 Å². The lowest BCUT2D eigenvalue weighted by atomic mass is 9.85. The maximum absolute atomic E-state index is 16.0. The Morgan fingerprint density at radius 1 is 0.949 bits per heavy atom. The molecule has 10 rings (SSSR count). The number of amides is 3. The third kappa shape index (κ3) is 11.7. The summed E-state index contributed by atoms with van der Waals surface area (Å²) in [6.07, 6.45) is 1.87. The lowest BCUT2D eigenvalue weighted by molar-refractivity contribution is -0.144. The zero-order valence-electron chi connectivity index (χ0n) is 43.7. The topological polar surface area (TPSA) is 210 Å². The quantitative estimate of drug-likeness (QED) is 0.0556. The van der Waals surface area contributed by atoms with Crippen LogP contribution >= 0.6 is 11.3 Å². The number of carbonyl (C=O) groups excluding carboxylic acids is 4. The van der Waals surface area contributed by atoms with E-state index in [0.29, 0.717) is 32.8 Å². The van der Waals surface area contributed by atoms with Gasteiger partial charge in [-0.05, 0) is 78.1 Å². The highest BCUT2D eigenvalue weighted by Crippen LogP contribution is 2.35. The summed E-state index contributed by atoms with van der Waals surface area (Å²) in [5.41, 5.74) is 5.40. The Bertz CT molecular complexity index is 3230. The van der Waals surface area contributed by atoms with Crippen molar-refractivity contribution >= 4 is 62.8 Å². The van der Waals surface area contributed by atoms with Gasteiger partial charge in [0.15, 0.2) is 5.82 Å². The number of likely N-dealkylation sites (tertiary alicyclic amines) is 3. The third-order valence-electron chi connectivity index (χ3n) is 15.4. The van der Waals surface area contributed by atoms with Gasteiger partial charge in [0.25, 0.3) is 0 Å². The number of halogens is 3. The fraction of sp³-hybridized carbons (Fsp3) is 0.429. The molecule has 412 valence electrons. The highest BCUT2D eigenvalue weighted by molar-refractivity contribution is 7.80. The Kier molecular flexibility index (Phi) is 16.0. The summed E-state index contributed by atoms with van der Waals surface area (Å²) in [6.45, 7) is 11.9. The average Bonchev–Trinajstić information content (AvgIpc) is 4.24. The van der Waals surface area contributed by atoms with Gasteiger partial charge in [-0.2, -0.15) is 0 Å². The number of aliphatic hydroxyl groups excluding tert-OH is 1. The number of benzene rings is 3. The summed E-state index contributed by atoms with van der Waals surface area (Å²) in [5, 5.41) is 18.0. The number of thiazole rings is 1. The Morgan fingerprint density at radius 3 is 2.35 bits per heavy atom. The number of hydrogen-bond donors (Lipinski definition) is 4. The first-order valence-corrected chi connectivity index (χ1v) is 28.1. The van der Waals surface area contributed by atoms with Gasteiger partial charge in [-0.1, -0.05) is 69.3 Å². The smallest absolute Gasteiger partial charge is 0.246 e. The molecule has 0 bridgehead atoms. The predicted molar refractivity (Wildman–Crippen MR) is 289 cm³/mol. The Morgan fingerprint density at radius 2 is 1.68 bits per heavy atom. The summed E-state index contributed by atoms with van der Waals surface area (Å²) in [4.78, 5) is 73.7. The maximum Gasteiger partial charge on any atom is 0.246 e. The number of aromatic nitrogens is 3. The zero-order chi connectivity index (χ0) is 55.2. The number of nitrogens with one attached hydrogen (secondary N) is 3. The number of aliphatic hydroxyl groups is 1. The summed E-state index contributed by atoms with van der Waals surface area (Å²) in [7, 11) is 0. The van der Waals surface area contributed by atoms with Crippen molar-refractivity contribution in [2.24, 2.45) is 11.3 Å². The molecule has 17 nitrogen and oxygen atoms in total. The Labute approximate surface area is 456 Å². The molecule has 0 spiro atoms. The second-order valence-electron chi connectivity index (χ2n) is 22.1. The van der Waals surface area contributed by atoms with Gasteiger partial charge in [-0.15, -0.1) is 11.3 Å². The van der Waals surface area contributed by atoms with Gasteiger partial charge in [0, 0.05) is 87.1 Å². The molecule has 4 aliphatic heterocycles. The number of ketones is 1. The molecular formula is C56H62F3N10O7S2-. The molecule has 7 heterocycles. The van der Waals surface area contributed by atoms with Gasteiger partial charge in [-0.3, -0.25) is 28.3 Å². The van der Waals surface area contributed by atoms with Crippen molar-refractivity contribution in [2.45, 2.75) is 83.8 Å². The Balaban J connectivity index is 0.676. The number of rotatable bonds is 18. The van der Waals surface area contributed by atoms with Crippen molar-refractivity contribution < 1.29 is 46.2 Å². The number of aryl methyl sites for hydroxylation is 1. The predicted octanol–water partition coefficient (Wildman–Crippen LogP) is 6.26. The van der Waals surface area contributed by atoms with Gasteiger partial charge in [0.05, 0.1) is 52.1 Å². The lowest BCUT2D eigenvalue weighted by Gasteiger charge is -2.43. The van der Waals surface area contributed by atoms with E-state index in [-0.39, 0.29) is 62.9 Å². The molecule has 22 heteroatoms. The fourth-order valence-electron chi connectivity index (χ4n) is 11.0. The van der Waals surface area contributed by atoms with Crippen molar-refractivity contribution in [3.05, 3.63) is 124 Å². The minimum absolute atomic E-state index is 0.00222. The number of H-pyrrole nitrogens is 1. The van der Waals surface area contributed by atoms with Crippen LogP contribution in [-0.2, 0) is 32.2 Å². The number of hydrogen-bond acceptors (Lipinski definition) is 13. The van der Waals surface area contributed by atoms with E-state index in [1.165, 1.54) is 16.7 Å². The minimum Gasteiger partial charge on any atom is -0.754 e. The number of carbonyl (C=O) groups is 4. The van der Waals surface area contributed by atoms with E-state index >= 15 is 8.78 Å². The molecule has 5 atom stereocenters. The van der Waals surface area contributed by atoms with Crippen LogP contribution in [0.3, 0.4) is 0 Å². The molecule has 78 heavy (non-hydrogen) atoms. The number of hydrazine groups is 1. The van der Waals surface area contributed by atoms with Crippen LogP contribution < -0.4 is 15.0 Å². The number of pyridine rings is 1. The zero-order valence-corrected chi connectivity index (χ0v) is 45.3. The minimum atomic E-state index is -3.08. The van der Waals surface area contributed by atoms with Crippen molar-refractivity contribution in [1.29, 1.82) is 0 Å². The van der Waals surface area contributed by atoms with E-state index in [0.717, 1.165) is 83.5 Å². The number of fused-ring (bicyclic) bond motifs is 1. The van der Waals surface area contributed by atoms with Crippen molar-refractivity contribution in [3.8, 4) is 21.6 Å². The SMILES string of the molecule is Cc1ncsc1-c1ccc(CNC(=O)[C@@H]2C[C@@H](O)CN2C(=O)[C@@H](NC(=O)CN2CC(CCN3CC(c4ccc(-c5cnc6[nH]cc(C(=O)c7c(F)ccc(N(N8CC[C@@H](F)C8)S(=O)[O-])c7F)c6c5)cc4)C3)C2)C(C)(C)C)cc1. The highest BCUT2D eigenvalue weighted by atomic mass is 32.2. The molecule has 4 fully saturated rings. The van der Waals surface area contributed by atoms with E-state index in [9.17, 15) is 37.4 Å². The summed E-state index contributed by atoms with van der Waals surface area (Å²) >= 11 is -1.51. The third-order valence-corrected chi connectivity index (χ3v) is 17.1. The molecule has 4 N–H and O–H groups in total. The summed E-state index contributed by atoms with van der Waals surface area (Å²) in [5.74, 6) is -3.85. The lowest BCUT2D eigenvalue weighted by Crippen LogP contribution is -2.60. The molecule has 3 aromatic heterocycles. The molecule has 3 aromatic carbocycles. The van der Waals surface area contributed by atoms with E-state index in [1.807, 2.05) is 69.6 Å². The van der Waals surface area contributed by atoms with E-state index in [1.54, 1.807) is 23.6 Å². The van der Waals surface area contributed by atoms with Crippen molar-refractivity contribution in [1.82, 2.24) is 45.3 Å². The molecular weight excluding hydrogens is 1050 g/mol. The average molecular weight is 1110 g/mol. The standard InChI is InChI=1S/C56H63F3N10O7S2/c1-32-51(77-31-63-32)37-7-5-33(6-8-37)21-62-54(73)46-20-41(70)29-68(46)55(74)52(56(2,3)4)64-47(71)30-66-24-34(25-66)15-17-65-26-39(27-65)36-11-9-35(10-12-36)38-19-42-43(23-61-53(42)60-22-38)50(72)48-44(58)13-14-45(49(48)59)69(78(75)76)67-18-16-40(57)28-67/h5-14,19,22-23,31,34,39-41,46,52,70H,15-18,20-21,24-30H2,1-4H3,(H,60,61)(H,62,73)(H,64,71)(H,75,76)/p-1/t40-,41-,46+,52-/m1/s1. The molecule has 0 radical (unpaired) electrons. The number of anilines is 1. The van der Waals surface area contributed by atoms with Crippen LogP contribution in [0.5, 0.6) is 0 Å². The highest BCUT2D eigenvalue weighted by Gasteiger charge is 2.45. The van der Waals surface area contributed by atoms with Crippen molar-refractivity contribution in [3.63, 3.8) is 0 Å². The van der Waals surface area contributed by atoms with Gasteiger partial charge in [0.2, 0.25) is 23.5 Å². The van der Waals surface area contributed by atoms with Crippen LogP contribution in [0.1, 0.15) is 78.7 Å². The van der Waals surface area contributed by atoms with Crippen LogP contribution in [0.15, 0.2) is 84.6 Å². The monoisotopic (exact) mass is 1110 g/mol. The normalized spacial score (nSPS) is 20.4. The van der Waals surface area contributed by atoms with E-state index in [4.69, 9.17) is 0 Å². The van der Waals surface area contributed by atoms with Crippen LogP contribution in [0, 0.1) is 29.9 Å². The van der Waals surface area contributed by atoms with Crippen LogP contribution in [0.2, 0.25) is 0 Å². The molecule has 4 aliphatic rings. The van der Waals surface area contributed by atoms with E-state index in [2.05, 4.69) is 47.5 Å². The molecule has 0 saturated carbocycles. The first-order valence-electron chi connectivity index (χ1n) is 26.2. The van der Waals surface area contributed by atoms with Gasteiger partial charge >= 0.3 is 0 Å². The number of alkyl halides is 1. The fourth-order valence-corrected chi connectivity index (χ4v) is 12.5. The van der Waals surface area contributed by atoms with Crippen LogP contribution in [-0.4, -0.2) is 155 Å². The van der Waals surface area contributed by atoms with Gasteiger partial charge in [-0.25, -0.2) is 32.6 Å². The molecule has 0 aliphatic carbocycles. The molecule has 3 amide bonds. The number of nitrogens with zero attached hydrogens (tertiary/aromatic N) is 7. The first-order chi connectivity index (χ1) is 37.3. The molecule has 1 unspecified atom stereocenters. The second-order valence-corrected chi connectivity index (χ2v) is 23.7. The molecule has 4 saturated heterocycles. The summed E-state index contributed by atoms with van der Waals surface area (Å²) in [6, 6.07) is 17.6. The number of β-amino-alcohol motifs (C(OH)–C–C–N with tert-alkyl or cyclic N) is 1. The Hall–Kier alpha value is -6.40.